The van der Waals surface area contributed by atoms with Crippen molar-refractivity contribution in [1.82, 2.24) is 5.32 Å². The lowest BCUT2D eigenvalue weighted by molar-refractivity contribution is 0.0905. The van der Waals surface area contributed by atoms with Crippen LogP contribution in [0.25, 0.3) is 10.8 Å². The van der Waals surface area contributed by atoms with Gasteiger partial charge in [-0.1, -0.05) is 38.1 Å². The van der Waals surface area contributed by atoms with E-state index in [0.29, 0.717) is 23.1 Å². The van der Waals surface area contributed by atoms with Gasteiger partial charge < -0.3 is 15.7 Å². The lowest BCUT2D eigenvalue weighted by Crippen LogP contribution is -2.46. The van der Waals surface area contributed by atoms with E-state index in [4.69, 9.17) is 0 Å². The van der Waals surface area contributed by atoms with Crippen molar-refractivity contribution in [2.45, 2.75) is 44.4 Å². The highest BCUT2D eigenvalue weighted by atomic mass is 32.1. The highest BCUT2D eigenvalue weighted by molar-refractivity contribution is 7.81. The van der Waals surface area contributed by atoms with Crippen LogP contribution < -0.4 is 10.6 Å². The van der Waals surface area contributed by atoms with Gasteiger partial charge in [0.25, 0.3) is 11.8 Å². The molecule has 0 saturated heterocycles. The Morgan fingerprint density at radius 2 is 1.58 bits per heavy atom. The van der Waals surface area contributed by atoms with E-state index in [9.17, 15) is 14.7 Å². The quantitative estimate of drug-likeness (QED) is 0.391. The number of rotatable bonds is 6. The predicted molar refractivity (Wildman–Crippen MR) is 129 cm³/mol. The predicted octanol–water partition coefficient (Wildman–Crippen LogP) is 5.40. The first-order chi connectivity index (χ1) is 14.4. The number of carbonyl (C=O) groups excluding carboxylic acids is 2. The van der Waals surface area contributed by atoms with Crippen molar-refractivity contribution in [2.75, 3.05) is 5.32 Å². The third-order valence-corrected chi connectivity index (χ3v) is 4.98. The fourth-order valence-electron chi connectivity index (χ4n) is 3.83. The summed E-state index contributed by atoms with van der Waals surface area (Å²) in [5.41, 5.74) is 0.825. The highest BCUT2D eigenvalue weighted by Crippen LogP contribution is 2.28. The molecule has 0 aliphatic rings. The van der Waals surface area contributed by atoms with Gasteiger partial charge >= 0.3 is 0 Å². The van der Waals surface area contributed by atoms with Gasteiger partial charge in [-0.15, -0.1) is 0 Å². The molecular formula is C25H28N2O3S. The van der Waals surface area contributed by atoms with E-state index in [-0.39, 0.29) is 22.0 Å². The van der Waals surface area contributed by atoms with Crippen LogP contribution in [0.5, 0.6) is 5.75 Å². The Hall–Kier alpha value is -2.99. The van der Waals surface area contributed by atoms with Crippen LogP contribution in [0.1, 0.15) is 54.8 Å². The van der Waals surface area contributed by atoms with Gasteiger partial charge in [-0.05, 0) is 67.4 Å². The van der Waals surface area contributed by atoms with E-state index in [1.165, 1.54) is 6.07 Å². The van der Waals surface area contributed by atoms with Gasteiger partial charge in [0.05, 0.1) is 5.56 Å². The normalized spacial score (nSPS) is 11.9. The largest absolute Gasteiger partial charge is 0.507 e. The molecule has 5 nitrogen and oxygen atoms in total. The van der Waals surface area contributed by atoms with Crippen LogP contribution in [0.15, 0.2) is 60.7 Å². The van der Waals surface area contributed by atoms with Gasteiger partial charge in [0.1, 0.15) is 5.75 Å². The zero-order valence-electron chi connectivity index (χ0n) is 18.2. The molecule has 2 amide bonds. The highest BCUT2D eigenvalue weighted by Gasteiger charge is 2.28. The molecule has 0 bridgehead atoms. The molecule has 0 fully saturated rings. The van der Waals surface area contributed by atoms with Crippen molar-refractivity contribution in [3.8, 4) is 5.75 Å². The molecule has 162 valence electrons. The van der Waals surface area contributed by atoms with Gasteiger partial charge in [-0.3, -0.25) is 9.59 Å². The molecule has 31 heavy (non-hydrogen) atoms. The standard InChI is InChI=1S/C25H28N2O3S/c1-24(2,15-25(3,4)31)27-22(29)17-11-10-16-14-21(28)20(13-18(16)12-17)23(30)26-19-8-6-5-7-9-19/h5-14,28,31H,15H2,1-4H3,(H,26,30)(H,27,29). The minimum absolute atomic E-state index is 0.115. The molecule has 3 N–H and O–H groups in total. The number of hydrogen-bond acceptors (Lipinski definition) is 4. The summed E-state index contributed by atoms with van der Waals surface area (Å²) in [6.45, 7) is 7.95. The zero-order valence-corrected chi connectivity index (χ0v) is 19.1. The summed E-state index contributed by atoms with van der Waals surface area (Å²) in [6.07, 6.45) is 0.695. The molecule has 3 rings (SSSR count). The number of hydrogen-bond donors (Lipinski definition) is 4. The number of phenols is 1. The first-order valence-electron chi connectivity index (χ1n) is 10.1. The topological polar surface area (TPSA) is 78.4 Å². The Morgan fingerprint density at radius 1 is 0.903 bits per heavy atom. The maximum atomic E-state index is 12.9. The van der Waals surface area contributed by atoms with Crippen molar-refractivity contribution in [3.05, 3.63) is 71.8 Å². The van der Waals surface area contributed by atoms with Gasteiger partial charge in [0, 0.05) is 21.5 Å². The minimum atomic E-state index is -0.438. The molecule has 3 aromatic carbocycles. The van der Waals surface area contributed by atoms with Crippen LogP contribution in [0.3, 0.4) is 0 Å². The second kappa shape index (κ2) is 8.63. The Kier molecular flexibility index (Phi) is 6.32. The lowest BCUT2D eigenvalue weighted by atomic mass is 9.91. The molecule has 6 heteroatoms. The third kappa shape index (κ3) is 6.01. The zero-order chi connectivity index (χ0) is 22.8. The molecule has 0 saturated carbocycles. The maximum absolute atomic E-state index is 12.9. The number of carbonyl (C=O) groups is 2. The van der Waals surface area contributed by atoms with Crippen LogP contribution >= 0.6 is 12.6 Å². The van der Waals surface area contributed by atoms with E-state index in [2.05, 4.69) is 23.3 Å². The minimum Gasteiger partial charge on any atom is -0.507 e. The number of thiol groups is 1. The van der Waals surface area contributed by atoms with E-state index in [0.717, 1.165) is 5.39 Å². The molecule has 0 spiro atoms. The smallest absolute Gasteiger partial charge is 0.259 e. The van der Waals surface area contributed by atoms with Gasteiger partial charge in [-0.25, -0.2) is 0 Å². The summed E-state index contributed by atoms with van der Waals surface area (Å²) in [5.74, 6) is -0.735. The van der Waals surface area contributed by atoms with Gasteiger partial charge in [-0.2, -0.15) is 12.6 Å². The summed E-state index contributed by atoms with van der Waals surface area (Å²) in [7, 11) is 0. The molecule has 0 unspecified atom stereocenters. The number of benzene rings is 3. The Bertz CT molecular complexity index is 1120. The number of aromatic hydroxyl groups is 1. The monoisotopic (exact) mass is 436 g/mol. The summed E-state index contributed by atoms with van der Waals surface area (Å²) >= 11 is 4.57. The molecule has 0 heterocycles. The van der Waals surface area contributed by atoms with Crippen molar-refractivity contribution >= 4 is 40.9 Å². The SMILES string of the molecule is CC(C)(S)CC(C)(C)NC(=O)c1ccc2cc(O)c(C(=O)Nc3ccccc3)cc2c1. The second-order valence-corrected chi connectivity index (χ2v) is 10.3. The van der Waals surface area contributed by atoms with E-state index in [1.54, 1.807) is 36.4 Å². The summed E-state index contributed by atoms with van der Waals surface area (Å²) in [6, 6.07) is 17.4. The summed E-state index contributed by atoms with van der Waals surface area (Å²) < 4.78 is -0.224. The number of fused-ring (bicyclic) bond motifs is 1. The fourth-order valence-corrected chi connectivity index (χ4v) is 4.23. The van der Waals surface area contributed by atoms with Crippen molar-refractivity contribution in [3.63, 3.8) is 0 Å². The van der Waals surface area contributed by atoms with Crippen LogP contribution in [0, 0.1) is 0 Å². The Morgan fingerprint density at radius 3 is 2.23 bits per heavy atom. The van der Waals surface area contributed by atoms with Crippen molar-refractivity contribution in [1.29, 1.82) is 0 Å². The number of anilines is 1. The number of phenolic OH excluding ortho intramolecular Hbond substituents is 1. The molecule has 0 atom stereocenters. The van der Waals surface area contributed by atoms with Crippen LogP contribution in [0.4, 0.5) is 5.69 Å². The summed E-state index contributed by atoms with van der Waals surface area (Å²) in [5, 5.41) is 17.6. The van der Waals surface area contributed by atoms with E-state index < -0.39 is 11.4 Å². The van der Waals surface area contributed by atoms with E-state index >= 15 is 0 Å². The van der Waals surface area contributed by atoms with Gasteiger partial charge in [0.2, 0.25) is 0 Å². The number of amides is 2. The van der Waals surface area contributed by atoms with Crippen LogP contribution in [-0.4, -0.2) is 27.2 Å². The molecule has 0 aromatic heterocycles. The van der Waals surface area contributed by atoms with Crippen molar-refractivity contribution < 1.29 is 14.7 Å². The molecule has 0 radical (unpaired) electrons. The molecular weight excluding hydrogens is 408 g/mol. The lowest BCUT2D eigenvalue weighted by Gasteiger charge is -2.32. The maximum Gasteiger partial charge on any atom is 0.259 e. The van der Waals surface area contributed by atoms with Gasteiger partial charge in [0.15, 0.2) is 0 Å². The first kappa shape index (κ1) is 22.7. The van der Waals surface area contributed by atoms with Crippen molar-refractivity contribution in [2.24, 2.45) is 0 Å². The fraction of sp³-hybridized carbons (Fsp3) is 0.280. The van der Waals surface area contributed by atoms with Crippen LogP contribution in [-0.2, 0) is 0 Å². The molecule has 3 aromatic rings. The van der Waals surface area contributed by atoms with Crippen LogP contribution in [0.2, 0.25) is 0 Å². The Balaban J connectivity index is 1.86. The number of para-hydroxylation sites is 1. The second-order valence-electron chi connectivity index (χ2n) is 9.08. The molecule has 0 aliphatic carbocycles. The van der Waals surface area contributed by atoms with E-state index in [1.807, 2.05) is 45.9 Å². The third-order valence-electron chi connectivity index (χ3n) is 4.82. The molecule has 0 aliphatic heterocycles. The Labute approximate surface area is 188 Å². The average Bonchev–Trinajstić information content (AvgIpc) is 2.65. The summed E-state index contributed by atoms with van der Waals surface area (Å²) in [4.78, 5) is 25.5. The average molecular weight is 437 g/mol. The first-order valence-corrected chi connectivity index (χ1v) is 10.6. The number of nitrogens with one attached hydrogen (secondary N) is 2.